The maximum Gasteiger partial charge on any atom is -1.00 e. The van der Waals surface area contributed by atoms with Gasteiger partial charge in [0, 0.05) is 0 Å². The summed E-state index contributed by atoms with van der Waals surface area (Å²) < 4.78 is 3.51. The van der Waals surface area contributed by atoms with Crippen molar-refractivity contribution >= 4 is 0 Å². The zero-order chi connectivity index (χ0) is 11.5. The van der Waals surface area contributed by atoms with E-state index in [0.717, 1.165) is 0 Å². The van der Waals surface area contributed by atoms with Crippen LogP contribution in [0, 0.1) is 0 Å². The van der Waals surface area contributed by atoms with E-state index in [1.165, 1.54) is 12.8 Å². The van der Waals surface area contributed by atoms with Gasteiger partial charge in [0.15, 0.2) is 0 Å². The molecule has 0 N–H and O–H groups in total. The van der Waals surface area contributed by atoms with E-state index < -0.39 is 23.2 Å². The molecule has 2 rings (SSSR count). The summed E-state index contributed by atoms with van der Waals surface area (Å²) in [6.45, 7) is 2.31. The molecule has 0 amide bonds. The molecule has 0 heterocycles. The fourth-order valence-electron chi connectivity index (χ4n) is 2.05. The van der Waals surface area contributed by atoms with Crippen molar-refractivity contribution in [2.24, 2.45) is 0 Å². The Bertz CT molecular complexity index is 395. The molecule has 0 aromatic heterocycles. The fourth-order valence-corrected chi connectivity index (χ4v) is 5.60. The van der Waals surface area contributed by atoms with Crippen molar-refractivity contribution in [3.8, 4) is 0 Å². The number of hydrogen-bond donors (Lipinski definition) is 0. The van der Waals surface area contributed by atoms with Gasteiger partial charge in [0.1, 0.15) is 0 Å². The van der Waals surface area contributed by atoms with Crippen molar-refractivity contribution in [3.05, 3.63) is 42.5 Å². The molecule has 0 saturated carbocycles. The Morgan fingerprint density at radius 3 is 2.44 bits per heavy atom. The molecule has 1 unspecified atom stereocenters. The maximum absolute atomic E-state index is 2.35. The van der Waals surface area contributed by atoms with Gasteiger partial charge < -0.3 is 24.8 Å². The first-order chi connectivity index (χ1) is 7.68. The molecular weight excluding hydrogens is 344 g/mol. The van der Waals surface area contributed by atoms with Crippen LogP contribution in [0.15, 0.2) is 42.5 Å². The summed E-state index contributed by atoms with van der Waals surface area (Å²) in [5.41, 5.74) is 1.60. The molecule has 0 aromatic rings. The molecule has 2 aliphatic rings. The molecule has 98 valence electrons. The van der Waals surface area contributed by atoms with Crippen LogP contribution in [-0.2, 0) is 23.2 Å². The van der Waals surface area contributed by atoms with Crippen LogP contribution in [0.5, 0.6) is 0 Å². The molecule has 4 heteroatoms. The molecule has 0 radical (unpaired) electrons. The predicted molar refractivity (Wildman–Crippen MR) is 65.8 cm³/mol. The first-order valence-corrected chi connectivity index (χ1v) is 8.33. The van der Waals surface area contributed by atoms with E-state index in [2.05, 4.69) is 56.3 Å². The van der Waals surface area contributed by atoms with Crippen LogP contribution >= 0.6 is 0 Å². The minimum Gasteiger partial charge on any atom is -1.00 e. The van der Waals surface area contributed by atoms with Gasteiger partial charge in [-0.2, -0.15) is 0 Å². The molecule has 0 aliphatic heterocycles. The van der Waals surface area contributed by atoms with E-state index >= 15 is 0 Å². The average molecular weight is 363 g/mol. The Balaban J connectivity index is 0.00000144. The number of halogens is 2. The third-order valence-electron chi connectivity index (χ3n) is 3.28. The summed E-state index contributed by atoms with van der Waals surface area (Å²) in [5.74, 6) is 0. The van der Waals surface area contributed by atoms with Crippen molar-refractivity contribution in [3.63, 3.8) is 0 Å². The molecule has 0 spiro atoms. The minimum atomic E-state index is -0.467. The smallest absolute Gasteiger partial charge is 1.00 e. The van der Waals surface area contributed by atoms with E-state index in [4.69, 9.17) is 0 Å². The predicted octanol–water partition coefficient (Wildman–Crippen LogP) is -2.92. The van der Waals surface area contributed by atoms with Crippen LogP contribution in [0.25, 0.3) is 0 Å². The van der Waals surface area contributed by atoms with E-state index in [-0.39, 0.29) is 24.8 Å². The molecule has 1 nitrogen and oxygen atoms in total. The van der Waals surface area contributed by atoms with Crippen LogP contribution < -0.4 is 24.8 Å². The third-order valence-corrected chi connectivity index (χ3v) is 6.93. The van der Waals surface area contributed by atoms with Crippen molar-refractivity contribution in [2.75, 3.05) is 14.1 Å². The van der Waals surface area contributed by atoms with Gasteiger partial charge in [0.05, 0.1) is 0 Å². The van der Waals surface area contributed by atoms with Crippen LogP contribution in [0.2, 0.25) is 0 Å². The molecule has 2 aliphatic carbocycles. The summed E-state index contributed by atoms with van der Waals surface area (Å²) >= 11 is -0.467. The molecule has 1 atom stereocenters. The number of nitrogens with zero attached hydrogens (tertiary/aromatic N) is 1. The minimum absolute atomic E-state index is 0. The standard InChI is InChI=1S/C9H14N.C5H5.2ClH.Zr/c1-8(10(2)3)9-6-4-5-7-9;1-2-4-5-3-1;;;/h4,6,8H,5H2,1-3H3;1-3H,4H2;2*1H;/q;;;;+2/p-2. The Morgan fingerprint density at radius 1 is 1.17 bits per heavy atom. The normalized spacial score (nSPS) is 18.3. The van der Waals surface area contributed by atoms with Crippen molar-refractivity contribution < 1.29 is 48.0 Å². The van der Waals surface area contributed by atoms with Gasteiger partial charge in [0.2, 0.25) is 0 Å². The van der Waals surface area contributed by atoms with Gasteiger partial charge in [-0.05, 0) is 0 Å². The molecule has 0 saturated heterocycles. The second kappa shape index (κ2) is 8.53. The zero-order valence-electron chi connectivity index (χ0n) is 11.1. The van der Waals surface area contributed by atoms with Crippen LogP contribution in [-0.4, -0.2) is 25.0 Å². The van der Waals surface area contributed by atoms with E-state index in [0.29, 0.717) is 6.04 Å². The second-order valence-electron chi connectivity index (χ2n) is 4.63. The third kappa shape index (κ3) is 4.49. The summed E-state index contributed by atoms with van der Waals surface area (Å²) in [6, 6.07) is 0.574. The number of hydrogen-bond acceptors (Lipinski definition) is 1. The maximum atomic E-state index is 2.35. The molecule has 0 aromatic carbocycles. The Hall–Kier alpha value is 0.383. The first-order valence-electron chi connectivity index (χ1n) is 5.87. The quantitative estimate of drug-likeness (QED) is 0.518. The molecule has 0 fully saturated rings. The van der Waals surface area contributed by atoms with Gasteiger partial charge in [-0.15, -0.1) is 0 Å². The number of likely N-dealkylation sites (N-methyl/N-ethyl adjacent to an activating group) is 1. The van der Waals surface area contributed by atoms with E-state index in [1.54, 1.807) is 12.1 Å². The van der Waals surface area contributed by atoms with Gasteiger partial charge in [0.25, 0.3) is 0 Å². The largest absolute Gasteiger partial charge is 1.00 e. The summed E-state index contributed by atoms with van der Waals surface area (Å²) in [7, 11) is 4.34. The molecule has 0 bridgehead atoms. The zero-order valence-corrected chi connectivity index (χ0v) is 15.1. The topological polar surface area (TPSA) is 3.24 Å². The number of allylic oxidation sites excluding steroid dienone is 6. The van der Waals surface area contributed by atoms with Crippen molar-refractivity contribution in [2.45, 2.75) is 25.8 Å². The Kier molecular flexibility index (Phi) is 8.71. The van der Waals surface area contributed by atoms with Gasteiger partial charge in [-0.3, -0.25) is 0 Å². The SMILES string of the molecule is CC(C1=[C]([Zr+2][C]2=CC=CC2)CC=C1)N(C)C.[Cl-].[Cl-]. The summed E-state index contributed by atoms with van der Waals surface area (Å²) in [5, 5.41) is 0. The Morgan fingerprint density at radius 2 is 1.89 bits per heavy atom. The van der Waals surface area contributed by atoms with Crippen LogP contribution in [0.1, 0.15) is 19.8 Å². The monoisotopic (exact) mass is 361 g/mol. The molecule has 18 heavy (non-hydrogen) atoms. The fraction of sp³-hybridized carbons (Fsp3) is 0.429. The summed E-state index contributed by atoms with van der Waals surface area (Å²) in [4.78, 5) is 2.31. The molecular formula is C14H19Cl2NZr. The van der Waals surface area contributed by atoms with Gasteiger partial charge >= 0.3 is 111 Å². The van der Waals surface area contributed by atoms with Gasteiger partial charge in [-0.1, -0.05) is 0 Å². The average Bonchev–Trinajstić information content (AvgIpc) is 2.88. The number of rotatable bonds is 4. The first kappa shape index (κ1) is 18.4. The van der Waals surface area contributed by atoms with Gasteiger partial charge in [-0.25, -0.2) is 0 Å². The van der Waals surface area contributed by atoms with Crippen LogP contribution in [0.4, 0.5) is 0 Å². The summed E-state index contributed by atoms with van der Waals surface area (Å²) in [6.07, 6.45) is 14.0. The van der Waals surface area contributed by atoms with Crippen molar-refractivity contribution in [1.29, 1.82) is 0 Å². The Labute approximate surface area is 134 Å². The van der Waals surface area contributed by atoms with Crippen molar-refractivity contribution in [1.82, 2.24) is 4.90 Å². The van der Waals surface area contributed by atoms with E-state index in [1.807, 2.05) is 0 Å². The van der Waals surface area contributed by atoms with Crippen LogP contribution in [0.3, 0.4) is 0 Å². The second-order valence-corrected chi connectivity index (χ2v) is 8.31. The van der Waals surface area contributed by atoms with E-state index in [9.17, 15) is 0 Å².